The number of hydrogen-bond donors (Lipinski definition) is 1. The summed E-state index contributed by atoms with van der Waals surface area (Å²) in [6.45, 7) is 2.30. The third-order valence-electron chi connectivity index (χ3n) is 7.79. The van der Waals surface area contributed by atoms with E-state index in [1.54, 1.807) is 23.3 Å². The molecule has 2 amide bonds. The van der Waals surface area contributed by atoms with Crippen LogP contribution in [0, 0.1) is 6.92 Å². The normalized spacial score (nSPS) is 18.2. The van der Waals surface area contributed by atoms with Crippen LogP contribution in [0.5, 0.6) is 0 Å². The lowest BCUT2D eigenvalue weighted by molar-refractivity contribution is -0.142. The van der Waals surface area contributed by atoms with E-state index >= 15 is 0 Å². The van der Waals surface area contributed by atoms with Crippen molar-refractivity contribution >= 4 is 23.2 Å². The number of carbonyl (C=O) groups excluding carboxylic acids is 2. The van der Waals surface area contributed by atoms with Crippen molar-refractivity contribution in [2.75, 3.05) is 20.1 Å². The Labute approximate surface area is 229 Å². The first kappa shape index (κ1) is 27.4. The first-order chi connectivity index (χ1) is 18.6. The molecular weight excluding hydrogens is 527 g/mol. The van der Waals surface area contributed by atoms with E-state index in [-0.39, 0.29) is 36.6 Å². The number of hydrogen-bond acceptors (Lipinski definition) is 5. The fraction of sp³-hybridized carbons (Fsp3) is 0.500. The molecule has 1 saturated heterocycles. The molecule has 5 rings (SSSR count). The molecule has 1 fully saturated rings. The fourth-order valence-electron chi connectivity index (χ4n) is 5.64. The summed E-state index contributed by atoms with van der Waals surface area (Å²) in [6.07, 6.45) is 0.299. The van der Waals surface area contributed by atoms with Crippen LogP contribution in [-0.4, -0.2) is 51.6 Å². The number of carbonyl (C=O) groups is 2. The van der Waals surface area contributed by atoms with Gasteiger partial charge in [-0.05, 0) is 56.2 Å². The summed E-state index contributed by atoms with van der Waals surface area (Å²) < 4.78 is 40.1. The molecule has 208 valence electrons. The highest BCUT2D eigenvalue weighted by molar-refractivity contribution is 7.12. The summed E-state index contributed by atoms with van der Waals surface area (Å²) in [6, 6.07) is 9.47. The lowest BCUT2D eigenvalue weighted by Gasteiger charge is -2.31. The van der Waals surface area contributed by atoms with Gasteiger partial charge in [-0.2, -0.15) is 18.3 Å². The highest BCUT2D eigenvalue weighted by atomic mass is 32.1. The van der Waals surface area contributed by atoms with Gasteiger partial charge in [-0.1, -0.05) is 24.3 Å². The van der Waals surface area contributed by atoms with Gasteiger partial charge in [0.1, 0.15) is 6.54 Å². The van der Waals surface area contributed by atoms with E-state index in [0.717, 1.165) is 45.6 Å². The van der Waals surface area contributed by atoms with Crippen LogP contribution < -0.4 is 5.32 Å². The number of benzene rings is 1. The van der Waals surface area contributed by atoms with Crippen molar-refractivity contribution in [2.45, 2.75) is 70.0 Å². The van der Waals surface area contributed by atoms with E-state index in [1.807, 2.05) is 0 Å². The number of halogens is 3. The maximum absolute atomic E-state index is 13.0. The average molecular weight is 560 g/mol. The van der Waals surface area contributed by atoms with Crippen molar-refractivity contribution in [3.63, 3.8) is 0 Å². The second-order valence-corrected chi connectivity index (χ2v) is 11.4. The van der Waals surface area contributed by atoms with Gasteiger partial charge in [0.2, 0.25) is 11.8 Å². The van der Waals surface area contributed by atoms with Gasteiger partial charge in [-0.3, -0.25) is 14.3 Å². The number of rotatable bonds is 6. The van der Waals surface area contributed by atoms with Gasteiger partial charge in [-0.25, -0.2) is 4.98 Å². The van der Waals surface area contributed by atoms with E-state index in [9.17, 15) is 22.8 Å². The van der Waals surface area contributed by atoms with Crippen molar-refractivity contribution in [2.24, 2.45) is 0 Å². The molecule has 11 heteroatoms. The Morgan fingerprint density at radius 3 is 2.59 bits per heavy atom. The number of nitrogens with one attached hydrogen (secondary N) is 1. The number of aromatic nitrogens is 3. The predicted molar refractivity (Wildman–Crippen MR) is 142 cm³/mol. The SMILES string of the molecule is CNC(=O)Cc1nc(C2CCN(C(=O)Cn3nc(C(F)(F)F)cc3C)CC2)sc1C1CCCc2ccccc21. The van der Waals surface area contributed by atoms with Crippen LogP contribution in [0.2, 0.25) is 0 Å². The Kier molecular flexibility index (Phi) is 7.80. The summed E-state index contributed by atoms with van der Waals surface area (Å²) in [7, 11) is 1.63. The Bertz CT molecular complexity index is 1360. The number of likely N-dealkylation sites (tertiary alicyclic amines) is 1. The zero-order chi connectivity index (χ0) is 27.7. The molecule has 0 saturated carbocycles. The molecule has 2 aliphatic rings. The molecule has 1 unspecified atom stereocenters. The van der Waals surface area contributed by atoms with Crippen LogP contribution in [0.25, 0.3) is 0 Å². The minimum atomic E-state index is -4.54. The molecule has 0 bridgehead atoms. The molecular formula is C28H32F3N5O2S. The van der Waals surface area contributed by atoms with Crippen molar-refractivity contribution in [3.8, 4) is 0 Å². The van der Waals surface area contributed by atoms with Crippen LogP contribution in [0.15, 0.2) is 30.3 Å². The minimum Gasteiger partial charge on any atom is -0.359 e. The van der Waals surface area contributed by atoms with Gasteiger partial charge in [0.15, 0.2) is 5.69 Å². The highest BCUT2D eigenvalue weighted by Crippen LogP contribution is 2.43. The standard InChI is InChI=1S/C28H32F3N5O2S/c1-17-14-23(28(29,30)31)34-36(17)16-25(38)35-12-10-19(11-13-35)27-33-22(15-24(37)32-2)26(39-27)21-9-5-7-18-6-3-4-8-20(18)21/h3-4,6,8,14,19,21H,5,7,9-13,15-16H2,1-2H3,(H,32,37). The first-order valence-corrected chi connectivity index (χ1v) is 14.1. The molecule has 7 nitrogen and oxygen atoms in total. The highest BCUT2D eigenvalue weighted by Gasteiger charge is 2.35. The zero-order valence-electron chi connectivity index (χ0n) is 22.1. The van der Waals surface area contributed by atoms with E-state index < -0.39 is 11.9 Å². The number of piperidine rings is 1. The number of fused-ring (bicyclic) bond motifs is 1. The van der Waals surface area contributed by atoms with Gasteiger partial charge in [0, 0.05) is 42.5 Å². The van der Waals surface area contributed by atoms with Gasteiger partial charge >= 0.3 is 6.18 Å². The fourth-order valence-corrected chi connectivity index (χ4v) is 7.04. The molecule has 0 radical (unpaired) electrons. The van der Waals surface area contributed by atoms with Gasteiger partial charge < -0.3 is 10.2 Å². The maximum Gasteiger partial charge on any atom is 0.435 e. The van der Waals surface area contributed by atoms with Crippen molar-refractivity contribution < 1.29 is 22.8 Å². The second-order valence-electron chi connectivity index (χ2n) is 10.3. The largest absolute Gasteiger partial charge is 0.435 e. The monoisotopic (exact) mass is 559 g/mol. The van der Waals surface area contributed by atoms with Gasteiger partial charge in [-0.15, -0.1) is 11.3 Å². The van der Waals surface area contributed by atoms with E-state index in [2.05, 4.69) is 34.7 Å². The Morgan fingerprint density at radius 1 is 1.15 bits per heavy atom. The number of nitrogens with zero attached hydrogens (tertiary/aromatic N) is 4. The number of aryl methyl sites for hydroxylation is 2. The third-order valence-corrected chi connectivity index (χ3v) is 9.16. The topological polar surface area (TPSA) is 80.1 Å². The lowest BCUT2D eigenvalue weighted by Crippen LogP contribution is -2.40. The first-order valence-electron chi connectivity index (χ1n) is 13.3. The quantitative estimate of drug-likeness (QED) is 0.469. The Morgan fingerprint density at radius 2 is 1.90 bits per heavy atom. The molecule has 1 N–H and O–H groups in total. The maximum atomic E-state index is 13.0. The number of likely N-dealkylation sites (N-methyl/N-ethyl adjacent to an activating group) is 1. The smallest absolute Gasteiger partial charge is 0.359 e. The van der Waals surface area contributed by atoms with Crippen LogP contribution in [0.3, 0.4) is 0 Å². The second kappa shape index (κ2) is 11.1. The number of alkyl halides is 3. The van der Waals surface area contributed by atoms with Gasteiger partial charge in [0.25, 0.3) is 0 Å². The minimum absolute atomic E-state index is 0.0693. The van der Waals surface area contributed by atoms with Gasteiger partial charge in [0.05, 0.1) is 17.1 Å². The lowest BCUT2D eigenvalue weighted by atomic mass is 9.81. The van der Waals surface area contributed by atoms with E-state index in [4.69, 9.17) is 4.98 Å². The number of amides is 2. The van der Waals surface area contributed by atoms with E-state index in [1.165, 1.54) is 18.1 Å². The van der Waals surface area contributed by atoms with Crippen molar-refractivity contribution in [1.29, 1.82) is 0 Å². The Hall–Kier alpha value is -3.21. The van der Waals surface area contributed by atoms with E-state index in [0.29, 0.717) is 31.6 Å². The van der Waals surface area contributed by atoms with Crippen LogP contribution in [0.1, 0.15) is 75.6 Å². The predicted octanol–water partition coefficient (Wildman–Crippen LogP) is 4.83. The summed E-state index contributed by atoms with van der Waals surface area (Å²) in [4.78, 5) is 33.1. The summed E-state index contributed by atoms with van der Waals surface area (Å²) in [5.74, 6) is 0.0762. The summed E-state index contributed by atoms with van der Waals surface area (Å²) in [5, 5.41) is 7.30. The molecule has 1 aliphatic carbocycles. The molecule has 1 aliphatic heterocycles. The number of thiazole rings is 1. The van der Waals surface area contributed by atoms with Crippen molar-refractivity contribution in [3.05, 3.63) is 68.4 Å². The molecule has 2 aromatic heterocycles. The van der Waals surface area contributed by atoms with Crippen LogP contribution >= 0.6 is 11.3 Å². The van der Waals surface area contributed by atoms with Crippen molar-refractivity contribution in [1.82, 2.24) is 25.0 Å². The average Bonchev–Trinajstić information content (AvgIpc) is 3.51. The van der Waals surface area contributed by atoms with Crippen LogP contribution in [0.4, 0.5) is 13.2 Å². The molecule has 1 aromatic carbocycles. The molecule has 3 aromatic rings. The summed E-state index contributed by atoms with van der Waals surface area (Å²) >= 11 is 1.69. The molecule has 0 spiro atoms. The molecule has 3 heterocycles. The summed E-state index contributed by atoms with van der Waals surface area (Å²) in [5.41, 5.74) is 2.83. The molecule has 1 atom stereocenters. The van der Waals surface area contributed by atoms with Crippen LogP contribution in [-0.2, 0) is 35.2 Å². The Balaban J connectivity index is 1.30. The third kappa shape index (κ3) is 5.88. The zero-order valence-corrected chi connectivity index (χ0v) is 22.9. The molecule has 39 heavy (non-hydrogen) atoms.